The van der Waals surface area contributed by atoms with Crippen LogP contribution in [0.25, 0.3) is 11.0 Å². The maximum absolute atomic E-state index is 9.28. The number of aromatic nitrogens is 2. The van der Waals surface area contributed by atoms with Gasteiger partial charge in [-0.3, -0.25) is 0 Å². The number of aliphatic hydroxyl groups excluding tert-OH is 1. The lowest BCUT2D eigenvalue weighted by Crippen LogP contribution is -2.04. The molecule has 4 heteroatoms. The zero-order valence-electron chi connectivity index (χ0n) is 9.07. The number of halogens is 1. The standard InChI is InChI=1S/C12H13BrN2O/c1-8(2)6-15-11-4-3-9(13)5-10(11)14-12(15)7-16/h3-5,16H,1,6-7H2,2H3. The van der Waals surface area contributed by atoms with E-state index in [1.54, 1.807) is 0 Å². The minimum Gasteiger partial charge on any atom is -0.388 e. The molecular formula is C12H13BrN2O. The molecule has 0 amide bonds. The molecule has 0 unspecified atom stereocenters. The number of fused-ring (bicyclic) bond motifs is 1. The first-order chi connectivity index (χ1) is 7.61. The summed E-state index contributed by atoms with van der Waals surface area (Å²) in [4.78, 5) is 4.39. The molecule has 2 aromatic rings. The van der Waals surface area contributed by atoms with E-state index in [9.17, 15) is 5.11 Å². The first kappa shape index (κ1) is 11.4. The average Bonchev–Trinajstić information content (AvgIpc) is 2.55. The Morgan fingerprint density at radius 3 is 2.94 bits per heavy atom. The number of rotatable bonds is 3. The van der Waals surface area contributed by atoms with Gasteiger partial charge in [-0.1, -0.05) is 28.1 Å². The Labute approximate surface area is 103 Å². The summed E-state index contributed by atoms with van der Waals surface area (Å²) in [6.45, 7) is 6.49. The summed E-state index contributed by atoms with van der Waals surface area (Å²) >= 11 is 3.41. The zero-order chi connectivity index (χ0) is 11.7. The van der Waals surface area contributed by atoms with Crippen LogP contribution in [0, 0.1) is 0 Å². The third kappa shape index (κ3) is 2.03. The van der Waals surface area contributed by atoms with E-state index in [4.69, 9.17) is 0 Å². The van der Waals surface area contributed by atoms with Crippen molar-refractivity contribution >= 4 is 27.0 Å². The van der Waals surface area contributed by atoms with E-state index in [0.717, 1.165) is 21.1 Å². The van der Waals surface area contributed by atoms with Crippen molar-refractivity contribution in [3.8, 4) is 0 Å². The maximum Gasteiger partial charge on any atom is 0.136 e. The van der Waals surface area contributed by atoms with Crippen LogP contribution in [-0.2, 0) is 13.2 Å². The number of imidazole rings is 1. The number of hydrogen-bond acceptors (Lipinski definition) is 2. The van der Waals surface area contributed by atoms with Crippen molar-refractivity contribution in [3.63, 3.8) is 0 Å². The van der Waals surface area contributed by atoms with Crippen LogP contribution < -0.4 is 0 Å². The van der Waals surface area contributed by atoms with Crippen molar-refractivity contribution in [1.82, 2.24) is 9.55 Å². The second kappa shape index (κ2) is 4.39. The molecule has 16 heavy (non-hydrogen) atoms. The van der Waals surface area contributed by atoms with Crippen molar-refractivity contribution in [2.45, 2.75) is 20.1 Å². The number of nitrogens with zero attached hydrogens (tertiary/aromatic N) is 2. The molecule has 0 aliphatic carbocycles. The summed E-state index contributed by atoms with van der Waals surface area (Å²) in [5.41, 5.74) is 2.95. The highest BCUT2D eigenvalue weighted by Crippen LogP contribution is 2.21. The van der Waals surface area contributed by atoms with Crippen LogP contribution in [0.1, 0.15) is 12.7 Å². The summed E-state index contributed by atoms with van der Waals surface area (Å²) in [6, 6.07) is 5.91. The lowest BCUT2D eigenvalue weighted by Gasteiger charge is -2.06. The number of hydrogen-bond donors (Lipinski definition) is 1. The summed E-state index contributed by atoms with van der Waals surface area (Å²) < 4.78 is 2.98. The molecule has 0 spiro atoms. The Morgan fingerprint density at radius 1 is 1.56 bits per heavy atom. The molecule has 2 rings (SSSR count). The van der Waals surface area contributed by atoms with Gasteiger partial charge in [-0.2, -0.15) is 0 Å². The van der Waals surface area contributed by atoms with Crippen LogP contribution in [0.15, 0.2) is 34.8 Å². The molecule has 0 saturated carbocycles. The minimum atomic E-state index is -0.0560. The van der Waals surface area contributed by atoms with Crippen molar-refractivity contribution in [2.24, 2.45) is 0 Å². The topological polar surface area (TPSA) is 38.0 Å². The fourth-order valence-electron chi connectivity index (χ4n) is 1.72. The van der Waals surface area contributed by atoms with E-state index in [2.05, 4.69) is 27.5 Å². The fourth-order valence-corrected chi connectivity index (χ4v) is 2.07. The summed E-state index contributed by atoms with van der Waals surface area (Å²) in [5.74, 6) is 0.677. The van der Waals surface area contributed by atoms with Gasteiger partial charge in [0.2, 0.25) is 0 Å². The van der Waals surface area contributed by atoms with E-state index in [1.807, 2.05) is 29.7 Å². The molecular weight excluding hydrogens is 268 g/mol. The Morgan fingerprint density at radius 2 is 2.31 bits per heavy atom. The van der Waals surface area contributed by atoms with Gasteiger partial charge in [-0.05, 0) is 25.1 Å². The minimum absolute atomic E-state index is 0.0560. The van der Waals surface area contributed by atoms with E-state index in [0.29, 0.717) is 12.4 Å². The molecule has 1 aromatic carbocycles. The highest BCUT2D eigenvalue weighted by Gasteiger charge is 2.09. The van der Waals surface area contributed by atoms with Gasteiger partial charge >= 0.3 is 0 Å². The van der Waals surface area contributed by atoms with Gasteiger partial charge in [0.05, 0.1) is 11.0 Å². The molecule has 0 bridgehead atoms. The average molecular weight is 281 g/mol. The third-order valence-corrected chi connectivity index (χ3v) is 2.85. The van der Waals surface area contributed by atoms with Gasteiger partial charge in [-0.25, -0.2) is 4.98 Å². The van der Waals surface area contributed by atoms with Crippen molar-refractivity contribution < 1.29 is 5.11 Å². The molecule has 3 nitrogen and oxygen atoms in total. The molecule has 0 aliphatic heterocycles. The van der Waals surface area contributed by atoms with Crippen molar-refractivity contribution in [2.75, 3.05) is 0 Å². The largest absolute Gasteiger partial charge is 0.388 e. The second-order valence-electron chi connectivity index (χ2n) is 3.86. The smallest absolute Gasteiger partial charge is 0.136 e. The Hall–Kier alpha value is -1.13. The molecule has 0 fully saturated rings. The SMILES string of the molecule is C=C(C)Cn1c(CO)nc2cc(Br)ccc21. The fraction of sp³-hybridized carbons (Fsp3) is 0.250. The zero-order valence-corrected chi connectivity index (χ0v) is 10.7. The molecule has 1 aromatic heterocycles. The molecule has 0 radical (unpaired) electrons. The predicted octanol–water partition coefficient (Wildman–Crippen LogP) is 2.87. The normalized spacial score (nSPS) is 10.9. The van der Waals surface area contributed by atoms with E-state index in [-0.39, 0.29) is 6.61 Å². The lowest BCUT2D eigenvalue weighted by molar-refractivity contribution is 0.267. The van der Waals surface area contributed by atoms with Crippen LogP contribution in [0.2, 0.25) is 0 Å². The monoisotopic (exact) mass is 280 g/mol. The highest BCUT2D eigenvalue weighted by molar-refractivity contribution is 9.10. The first-order valence-electron chi connectivity index (χ1n) is 5.01. The first-order valence-corrected chi connectivity index (χ1v) is 5.81. The Kier molecular flexibility index (Phi) is 3.12. The Balaban J connectivity index is 2.63. The van der Waals surface area contributed by atoms with Crippen molar-refractivity contribution in [3.05, 3.63) is 40.6 Å². The second-order valence-corrected chi connectivity index (χ2v) is 4.78. The maximum atomic E-state index is 9.28. The summed E-state index contributed by atoms with van der Waals surface area (Å²) in [7, 11) is 0. The molecule has 0 aliphatic rings. The third-order valence-electron chi connectivity index (χ3n) is 2.36. The van der Waals surface area contributed by atoms with E-state index >= 15 is 0 Å². The molecule has 0 saturated heterocycles. The number of allylic oxidation sites excluding steroid dienone is 1. The summed E-state index contributed by atoms with van der Waals surface area (Å²) in [5, 5.41) is 9.28. The molecule has 84 valence electrons. The Bertz CT molecular complexity index is 545. The number of aliphatic hydroxyl groups is 1. The van der Waals surface area contributed by atoms with Crippen LogP contribution in [0.3, 0.4) is 0 Å². The van der Waals surface area contributed by atoms with E-state index < -0.39 is 0 Å². The van der Waals surface area contributed by atoms with Gasteiger partial charge in [0, 0.05) is 11.0 Å². The molecule has 1 heterocycles. The van der Waals surface area contributed by atoms with Crippen LogP contribution in [0.4, 0.5) is 0 Å². The number of benzene rings is 1. The van der Waals surface area contributed by atoms with Crippen molar-refractivity contribution in [1.29, 1.82) is 0 Å². The van der Waals surface area contributed by atoms with Gasteiger partial charge in [0.15, 0.2) is 0 Å². The van der Waals surface area contributed by atoms with Gasteiger partial charge in [0.25, 0.3) is 0 Å². The van der Waals surface area contributed by atoms with E-state index in [1.165, 1.54) is 0 Å². The van der Waals surface area contributed by atoms with Crippen LogP contribution in [0.5, 0.6) is 0 Å². The van der Waals surface area contributed by atoms with Gasteiger partial charge in [-0.15, -0.1) is 0 Å². The predicted molar refractivity (Wildman–Crippen MR) is 68.2 cm³/mol. The van der Waals surface area contributed by atoms with Gasteiger partial charge < -0.3 is 9.67 Å². The molecule has 0 atom stereocenters. The van der Waals surface area contributed by atoms with Crippen LogP contribution >= 0.6 is 15.9 Å². The quantitative estimate of drug-likeness (QED) is 0.878. The summed E-state index contributed by atoms with van der Waals surface area (Å²) in [6.07, 6.45) is 0. The lowest BCUT2D eigenvalue weighted by atomic mass is 10.3. The van der Waals surface area contributed by atoms with Crippen LogP contribution in [-0.4, -0.2) is 14.7 Å². The van der Waals surface area contributed by atoms with Gasteiger partial charge in [0.1, 0.15) is 12.4 Å². The molecule has 1 N–H and O–H groups in total. The highest BCUT2D eigenvalue weighted by atomic mass is 79.9.